The smallest absolute Gasteiger partial charge is 0.322 e. The van der Waals surface area contributed by atoms with Crippen molar-refractivity contribution in [1.82, 2.24) is 20.0 Å². The van der Waals surface area contributed by atoms with Crippen LogP contribution in [0.3, 0.4) is 0 Å². The number of nitrogens with one attached hydrogen (secondary N) is 1. The van der Waals surface area contributed by atoms with E-state index in [1.54, 1.807) is 4.68 Å². The number of thiophene rings is 1. The molecule has 0 spiro atoms. The molecule has 0 saturated heterocycles. The van der Waals surface area contributed by atoms with Crippen LogP contribution >= 0.6 is 11.3 Å². The van der Waals surface area contributed by atoms with Crippen molar-refractivity contribution in [2.45, 2.75) is 13.3 Å². The molecule has 0 saturated carbocycles. The zero-order valence-corrected chi connectivity index (χ0v) is 12.3. The first kappa shape index (κ1) is 13.5. The number of aromatic nitrogens is 4. The molecule has 0 aliphatic carbocycles. The van der Waals surface area contributed by atoms with Crippen LogP contribution in [0.15, 0.2) is 28.0 Å². The summed E-state index contributed by atoms with van der Waals surface area (Å²) in [5, 5.41) is 16.4. The second kappa shape index (κ2) is 5.49. The molecule has 0 fully saturated rings. The molecule has 0 bridgehead atoms. The van der Waals surface area contributed by atoms with Crippen molar-refractivity contribution in [2.75, 3.05) is 5.32 Å². The van der Waals surface area contributed by atoms with Gasteiger partial charge in [-0.15, -0.1) is 16.4 Å². The fraction of sp³-hybridized carbons (Fsp3) is 0.231. The molecule has 1 N–H and O–H groups in total. The summed E-state index contributed by atoms with van der Waals surface area (Å²) in [6.45, 7) is 1.93. The lowest BCUT2D eigenvalue weighted by molar-refractivity contribution is -0.115. The molecule has 3 heterocycles. The largest absolute Gasteiger partial charge is 0.401 e. The summed E-state index contributed by atoms with van der Waals surface area (Å²) >= 11 is 1.53. The summed E-state index contributed by atoms with van der Waals surface area (Å²) in [4.78, 5) is 12.8. The number of anilines is 1. The van der Waals surface area contributed by atoms with E-state index in [-0.39, 0.29) is 24.2 Å². The molecule has 1 amide bonds. The Hall–Kier alpha value is -2.48. The van der Waals surface area contributed by atoms with Crippen molar-refractivity contribution >= 4 is 23.3 Å². The third kappa shape index (κ3) is 3.00. The highest BCUT2D eigenvalue weighted by Crippen LogP contribution is 2.19. The van der Waals surface area contributed by atoms with Crippen LogP contribution in [-0.2, 0) is 18.3 Å². The number of nitrogens with zero attached hydrogens (tertiary/aromatic N) is 4. The van der Waals surface area contributed by atoms with E-state index in [1.807, 2.05) is 37.6 Å². The van der Waals surface area contributed by atoms with E-state index in [1.165, 1.54) is 11.3 Å². The molecule has 108 valence electrons. The fourth-order valence-electron chi connectivity index (χ4n) is 1.78. The summed E-state index contributed by atoms with van der Waals surface area (Å²) < 4.78 is 7.12. The van der Waals surface area contributed by atoms with E-state index >= 15 is 0 Å². The van der Waals surface area contributed by atoms with Crippen LogP contribution in [0.25, 0.3) is 11.6 Å². The normalized spacial score (nSPS) is 10.8. The van der Waals surface area contributed by atoms with Crippen LogP contribution in [0, 0.1) is 6.92 Å². The van der Waals surface area contributed by atoms with Gasteiger partial charge in [-0.2, -0.15) is 5.10 Å². The van der Waals surface area contributed by atoms with Gasteiger partial charge >= 0.3 is 6.01 Å². The Morgan fingerprint density at radius 1 is 1.48 bits per heavy atom. The Bertz CT molecular complexity index is 740. The number of amides is 1. The minimum absolute atomic E-state index is 0.0786. The van der Waals surface area contributed by atoms with Gasteiger partial charge in [0, 0.05) is 17.6 Å². The van der Waals surface area contributed by atoms with E-state index in [2.05, 4.69) is 20.6 Å². The van der Waals surface area contributed by atoms with Gasteiger partial charge < -0.3 is 4.42 Å². The highest BCUT2D eigenvalue weighted by atomic mass is 32.1. The van der Waals surface area contributed by atoms with E-state index in [0.29, 0.717) is 5.69 Å². The third-order valence-corrected chi connectivity index (χ3v) is 3.80. The zero-order chi connectivity index (χ0) is 14.8. The van der Waals surface area contributed by atoms with Gasteiger partial charge in [0.25, 0.3) is 5.89 Å². The molecule has 21 heavy (non-hydrogen) atoms. The Kier molecular flexibility index (Phi) is 3.53. The first-order valence-electron chi connectivity index (χ1n) is 6.28. The predicted molar refractivity (Wildman–Crippen MR) is 77.9 cm³/mol. The average molecular weight is 303 g/mol. The second-order valence-corrected chi connectivity index (χ2v) is 5.54. The number of carbonyl (C=O) groups excluding carboxylic acids is 1. The van der Waals surface area contributed by atoms with E-state index < -0.39 is 0 Å². The van der Waals surface area contributed by atoms with Crippen molar-refractivity contribution in [3.05, 3.63) is 34.2 Å². The molecule has 0 aliphatic heterocycles. The minimum Gasteiger partial charge on any atom is -0.401 e. The van der Waals surface area contributed by atoms with Gasteiger partial charge in [0.05, 0.1) is 6.42 Å². The van der Waals surface area contributed by atoms with Crippen LogP contribution in [0.5, 0.6) is 0 Å². The van der Waals surface area contributed by atoms with Crippen LogP contribution < -0.4 is 5.32 Å². The lowest BCUT2D eigenvalue weighted by atomic mass is 10.3. The number of aryl methyl sites for hydroxylation is 2. The number of hydrogen-bond acceptors (Lipinski definition) is 6. The van der Waals surface area contributed by atoms with Gasteiger partial charge in [0.1, 0.15) is 5.69 Å². The molecule has 3 aromatic rings. The second-order valence-electron chi connectivity index (χ2n) is 4.51. The Labute approximate surface area is 124 Å². The summed E-state index contributed by atoms with van der Waals surface area (Å²) in [7, 11) is 1.83. The van der Waals surface area contributed by atoms with Crippen molar-refractivity contribution in [2.24, 2.45) is 7.05 Å². The molecule has 8 heteroatoms. The molecule has 3 rings (SSSR count). The molecule has 0 atom stereocenters. The van der Waals surface area contributed by atoms with Gasteiger partial charge in [0.2, 0.25) is 5.91 Å². The zero-order valence-electron chi connectivity index (χ0n) is 11.5. The maximum Gasteiger partial charge on any atom is 0.322 e. The van der Waals surface area contributed by atoms with Gasteiger partial charge in [-0.1, -0.05) is 11.2 Å². The molecule has 3 aromatic heterocycles. The first-order valence-corrected chi connectivity index (χ1v) is 7.16. The van der Waals surface area contributed by atoms with Crippen LogP contribution in [-0.4, -0.2) is 25.9 Å². The van der Waals surface area contributed by atoms with E-state index in [4.69, 9.17) is 4.42 Å². The monoisotopic (exact) mass is 303 g/mol. The lowest BCUT2D eigenvalue weighted by Crippen LogP contribution is -2.13. The van der Waals surface area contributed by atoms with Crippen LogP contribution in [0.2, 0.25) is 0 Å². The molecule has 7 nitrogen and oxygen atoms in total. The molecule has 0 aromatic carbocycles. The average Bonchev–Trinajstić information content (AvgIpc) is 3.14. The van der Waals surface area contributed by atoms with Gasteiger partial charge in [-0.3, -0.25) is 14.8 Å². The van der Waals surface area contributed by atoms with Gasteiger partial charge in [-0.25, -0.2) is 0 Å². The predicted octanol–water partition coefficient (Wildman–Crippen LogP) is 2.02. The standard InChI is InChI=1S/C13H13N5O2S/c1-8-6-10(17-18(8)2)12-15-16-13(20-12)14-11(19)7-9-4-3-5-21-9/h3-6H,7H2,1-2H3,(H,14,16,19). The number of carbonyl (C=O) groups is 1. The highest BCUT2D eigenvalue weighted by Gasteiger charge is 2.14. The summed E-state index contributed by atoms with van der Waals surface area (Å²) in [5.74, 6) is 0.0926. The maximum absolute atomic E-state index is 11.8. The molecule has 0 aliphatic rings. The van der Waals surface area contributed by atoms with Crippen molar-refractivity contribution in [1.29, 1.82) is 0 Å². The quantitative estimate of drug-likeness (QED) is 0.797. The Balaban J connectivity index is 1.69. The summed E-state index contributed by atoms with van der Waals surface area (Å²) in [6.07, 6.45) is 0.290. The van der Waals surface area contributed by atoms with Crippen LogP contribution in [0.1, 0.15) is 10.6 Å². The molecule has 0 unspecified atom stereocenters. The van der Waals surface area contributed by atoms with Crippen molar-refractivity contribution in [3.8, 4) is 11.6 Å². The Morgan fingerprint density at radius 3 is 3.00 bits per heavy atom. The van der Waals surface area contributed by atoms with Gasteiger partial charge in [0.15, 0.2) is 0 Å². The van der Waals surface area contributed by atoms with Crippen molar-refractivity contribution < 1.29 is 9.21 Å². The topological polar surface area (TPSA) is 85.8 Å². The third-order valence-electron chi connectivity index (χ3n) is 2.92. The highest BCUT2D eigenvalue weighted by molar-refractivity contribution is 7.10. The van der Waals surface area contributed by atoms with Crippen LogP contribution in [0.4, 0.5) is 6.01 Å². The van der Waals surface area contributed by atoms with E-state index in [9.17, 15) is 4.79 Å². The SMILES string of the molecule is Cc1cc(-c2nnc(NC(=O)Cc3cccs3)o2)nn1C. The molecular weight excluding hydrogens is 290 g/mol. The summed E-state index contributed by atoms with van der Waals surface area (Å²) in [6, 6.07) is 5.72. The van der Waals surface area contributed by atoms with Crippen molar-refractivity contribution in [3.63, 3.8) is 0 Å². The van der Waals surface area contributed by atoms with E-state index in [0.717, 1.165) is 10.6 Å². The minimum atomic E-state index is -0.190. The lowest BCUT2D eigenvalue weighted by Gasteiger charge is -1.97. The summed E-state index contributed by atoms with van der Waals surface area (Å²) in [5.41, 5.74) is 1.56. The Morgan fingerprint density at radius 2 is 2.33 bits per heavy atom. The molecule has 0 radical (unpaired) electrons. The van der Waals surface area contributed by atoms with Gasteiger partial charge in [-0.05, 0) is 24.4 Å². The fourth-order valence-corrected chi connectivity index (χ4v) is 2.48. The molecular formula is C13H13N5O2S. The first-order chi connectivity index (χ1) is 10.1. The maximum atomic E-state index is 11.8. The number of rotatable bonds is 4. The number of hydrogen-bond donors (Lipinski definition) is 1.